The second kappa shape index (κ2) is 5.75. The van der Waals surface area contributed by atoms with Gasteiger partial charge in [0.2, 0.25) is 10.0 Å². The average molecular weight is 326 g/mol. The summed E-state index contributed by atoms with van der Waals surface area (Å²) in [5.74, 6) is 1.48. The molecule has 0 bridgehead atoms. The molecule has 0 radical (unpaired) electrons. The summed E-state index contributed by atoms with van der Waals surface area (Å²) in [4.78, 5) is 11.0. The summed E-state index contributed by atoms with van der Waals surface area (Å²) in [5.41, 5.74) is 0.769. The van der Waals surface area contributed by atoms with Crippen LogP contribution in [0.1, 0.15) is 36.8 Å². The standard InChI is InChI=1S/C14H22N4O3S/c1-10-15-12(13-5-8-18(13)22(2,20)21)9-14(16-10)17-6-3-11(19)4-7-17/h9,11,13,19H,3-8H2,1-2H3/t13-/m0/s1. The number of sulfonamides is 1. The van der Waals surface area contributed by atoms with E-state index in [0.29, 0.717) is 12.4 Å². The number of aliphatic hydroxyl groups excluding tert-OH is 1. The number of aromatic nitrogens is 2. The van der Waals surface area contributed by atoms with Gasteiger partial charge in [0.05, 0.1) is 24.1 Å². The zero-order chi connectivity index (χ0) is 15.9. The molecule has 2 fully saturated rings. The van der Waals surface area contributed by atoms with Gasteiger partial charge in [-0.15, -0.1) is 0 Å². The fourth-order valence-corrected chi connectivity index (χ4v) is 4.17. The molecule has 0 spiro atoms. The molecule has 22 heavy (non-hydrogen) atoms. The van der Waals surface area contributed by atoms with Gasteiger partial charge in [-0.25, -0.2) is 18.4 Å². The Bertz CT molecular complexity index is 656. The van der Waals surface area contributed by atoms with Crippen molar-refractivity contribution in [2.45, 2.75) is 38.3 Å². The Kier molecular flexibility index (Phi) is 4.09. The van der Waals surface area contributed by atoms with Crippen molar-refractivity contribution in [2.24, 2.45) is 0 Å². The molecule has 0 amide bonds. The molecule has 2 aliphatic heterocycles. The topological polar surface area (TPSA) is 86.6 Å². The molecule has 2 saturated heterocycles. The van der Waals surface area contributed by atoms with Crippen molar-refractivity contribution in [2.75, 3.05) is 30.8 Å². The van der Waals surface area contributed by atoms with Gasteiger partial charge in [-0.3, -0.25) is 0 Å². The summed E-state index contributed by atoms with van der Waals surface area (Å²) < 4.78 is 25.0. The lowest BCUT2D eigenvalue weighted by Gasteiger charge is -2.39. The van der Waals surface area contributed by atoms with E-state index in [4.69, 9.17) is 0 Å². The molecule has 0 saturated carbocycles. The quantitative estimate of drug-likeness (QED) is 0.868. The molecule has 0 aromatic carbocycles. The molecule has 1 atom stereocenters. The zero-order valence-electron chi connectivity index (χ0n) is 12.9. The largest absolute Gasteiger partial charge is 0.393 e. The third-order valence-corrected chi connectivity index (χ3v) is 5.66. The fourth-order valence-electron chi connectivity index (χ4n) is 3.06. The maximum Gasteiger partial charge on any atom is 0.211 e. The third-order valence-electron chi connectivity index (χ3n) is 4.37. The summed E-state index contributed by atoms with van der Waals surface area (Å²) in [7, 11) is -3.19. The summed E-state index contributed by atoms with van der Waals surface area (Å²) in [5, 5.41) is 9.61. The van der Waals surface area contributed by atoms with Gasteiger partial charge in [-0.05, 0) is 26.2 Å². The van der Waals surface area contributed by atoms with Gasteiger partial charge in [0.15, 0.2) is 0 Å². The Labute approximate surface area is 131 Å². The van der Waals surface area contributed by atoms with E-state index in [1.54, 1.807) is 0 Å². The van der Waals surface area contributed by atoms with E-state index in [1.165, 1.54) is 10.6 Å². The molecule has 1 aromatic rings. The highest BCUT2D eigenvalue weighted by atomic mass is 32.2. The van der Waals surface area contributed by atoms with Crippen LogP contribution in [0.3, 0.4) is 0 Å². The number of aliphatic hydroxyl groups is 1. The molecule has 7 nitrogen and oxygen atoms in total. The number of rotatable bonds is 3. The minimum Gasteiger partial charge on any atom is -0.393 e. The van der Waals surface area contributed by atoms with Gasteiger partial charge in [-0.2, -0.15) is 4.31 Å². The van der Waals surface area contributed by atoms with Crippen LogP contribution in [0, 0.1) is 6.92 Å². The molecule has 3 rings (SSSR count). The second-order valence-electron chi connectivity index (χ2n) is 6.09. The molecule has 2 aliphatic rings. The van der Waals surface area contributed by atoms with Gasteiger partial charge in [0.1, 0.15) is 11.6 Å². The molecular formula is C14H22N4O3S. The van der Waals surface area contributed by atoms with Crippen LogP contribution in [0.15, 0.2) is 6.07 Å². The van der Waals surface area contributed by atoms with E-state index in [0.717, 1.165) is 43.9 Å². The van der Waals surface area contributed by atoms with Crippen molar-refractivity contribution in [3.8, 4) is 0 Å². The van der Waals surface area contributed by atoms with Crippen molar-refractivity contribution in [1.29, 1.82) is 0 Å². The number of hydrogen-bond donors (Lipinski definition) is 1. The first-order chi connectivity index (χ1) is 10.3. The first kappa shape index (κ1) is 15.6. The van der Waals surface area contributed by atoms with Crippen LogP contribution in [0.25, 0.3) is 0 Å². The number of hydrogen-bond acceptors (Lipinski definition) is 6. The highest BCUT2D eigenvalue weighted by molar-refractivity contribution is 7.88. The lowest BCUT2D eigenvalue weighted by molar-refractivity contribution is 0.145. The first-order valence-corrected chi connectivity index (χ1v) is 9.45. The highest BCUT2D eigenvalue weighted by Crippen LogP contribution is 2.35. The second-order valence-corrected chi connectivity index (χ2v) is 8.03. The maximum atomic E-state index is 11.7. The Morgan fingerprint density at radius 1 is 1.18 bits per heavy atom. The van der Waals surface area contributed by atoms with Crippen molar-refractivity contribution in [1.82, 2.24) is 14.3 Å². The molecular weight excluding hydrogens is 304 g/mol. The lowest BCUT2D eigenvalue weighted by Crippen LogP contribution is -2.45. The van der Waals surface area contributed by atoms with Gasteiger partial charge in [-0.1, -0.05) is 0 Å². The van der Waals surface area contributed by atoms with E-state index in [1.807, 2.05) is 13.0 Å². The van der Waals surface area contributed by atoms with Crippen molar-refractivity contribution < 1.29 is 13.5 Å². The summed E-state index contributed by atoms with van der Waals surface area (Å²) in [6.07, 6.45) is 3.27. The third kappa shape index (κ3) is 3.09. The first-order valence-electron chi connectivity index (χ1n) is 7.60. The predicted molar refractivity (Wildman–Crippen MR) is 83.1 cm³/mol. The van der Waals surface area contributed by atoms with Crippen LogP contribution in [0.2, 0.25) is 0 Å². The van der Waals surface area contributed by atoms with Crippen LogP contribution >= 0.6 is 0 Å². The molecule has 0 unspecified atom stereocenters. The van der Waals surface area contributed by atoms with E-state index in [2.05, 4.69) is 14.9 Å². The Morgan fingerprint density at radius 2 is 1.86 bits per heavy atom. The van der Waals surface area contributed by atoms with E-state index in [-0.39, 0.29) is 12.1 Å². The highest BCUT2D eigenvalue weighted by Gasteiger charge is 2.37. The van der Waals surface area contributed by atoms with Crippen molar-refractivity contribution >= 4 is 15.8 Å². The summed E-state index contributed by atoms with van der Waals surface area (Å²) in [6.45, 7) is 3.90. The van der Waals surface area contributed by atoms with Gasteiger partial charge in [0.25, 0.3) is 0 Å². The number of anilines is 1. The van der Waals surface area contributed by atoms with E-state index >= 15 is 0 Å². The molecule has 3 heterocycles. The predicted octanol–water partition coefficient (Wildman–Crippen LogP) is 0.453. The van der Waals surface area contributed by atoms with Crippen LogP contribution in [-0.2, 0) is 10.0 Å². The normalized spacial score (nSPS) is 24.3. The van der Waals surface area contributed by atoms with Gasteiger partial charge < -0.3 is 10.0 Å². The van der Waals surface area contributed by atoms with Crippen LogP contribution in [-0.4, -0.2) is 59.8 Å². The number of piperidine rings is 1. The Hall–Kier alpha value is -1.25. The molecule has 122 valence electrons. The van der Waals surface area contributed by atoms with Gasteiger partial charge in [0, 0.05) is 25.7 Å². The maximum absolute atomic E-state index is 11.7. The monoisotopic (exact) mass is 326 g/mol. The van der Waals surface area contributed by atoms with E-state index < -0.39 is 10.0 Å². The van der Waals surface area contributed by atoms with Gasteiger partial charge >= 0.3 is 0 Å². The lowest BCUT2D eigenvalue weighted by atomic mass is 10.0. The smallest absolute Gasteiger partial charge is 0.211 e. The van der Waals surface area contributed by atoms with Crippen LogP contribution in [0.4, 0.5) is 5.82 Å². The van der Waals surface area contributed by atoms with Crippen LogP contribution < -0.4 is 4.90 Å². The summed E-state index contributed by atoms with van der Waals surface area (Å²) >= 11 is 0. The average Bonchev–Trinajstić information content (AvgIpc) is 2.35. The number of aryl methyl sites for hydroxylation is 1. The minimum absolute atomic E-state index is 0.175. The molecule has 0 aliphatic carbocycles. The molecule has 8 heteroatoms. The van der Waals surface area contributed by atoms with Crippen molar-refractivity contribution in [3.63, 3.8) is 0 Å². The Balaban J connectivity index is 1.84. The zero-order valence-corrected chi connectivity index (χ0v) is 13.8. The van der Waals surface area contributed by atoms with Crippen molar-refractivity contribution in [3.05, 3.63) is 17.6 Å². The minimum atomic E-state index is -3.19. The number of nitrogens with zero attached hydrogens (tertiary/aromatic N) is 4. The molecule has 1 aromatic heterocycles. The van der Waals surface area contributed by atoms with E-state index in [9.17, 15) is 13.5 Å². The summed E-state index contributed by atoms with van der Waals surface area (Å²) in [6, 6.07) is 1.72. The van der Waals surface area contributed by atoms with Crippen LogP contribution in [0.5, 0.6) is 0 Å². The SMILES string of the molecule is Cc1nc([C@@H]2CCN2S(C)(=O)=O)cc(N2CCC(O)CC2)n1. The fraction of sp³-hybridized carbons (Fsp3) is 0.714. The molecule has 1 N–H and O–H groups in total. The Morgan fingerprint density at radius 3 is 2.41 bits per heavy atom.